The Labute approximate surface area is 243 Å². The van der Waals surface area contributed by atoms with Crippen LogP contribution in [0.2, 0.25) is 0 Å². The Kier molecular flexibility index (Phi) is 9.45. The molecule has 3 aliphatic rings. The quantitative estimate of drug-likeness (QED) is 0.294. The zero-order valence-corrected chi connectivity index (χ0v) is 23.9. The van der Waals surface area contributed by atoms with Crippen molar-refractivity contribution in [2.45, 2.75) is 120 Å². The molecule has 0 spiro atoms. The van der Waals surface area contributed by atoms with Crippen LogP contribution in [-0.2, 0) is 4.74 Å². The number of alkyl halides is 5. The van der Waals surface area contributed by atoms with Gasteiger partial charge in [0.2, 0.25) is 0 Å². The second-order valence-corrected chi connectivity index (χ2v) is 12.7. The van der Waals surface area contributed by atoms with Crippen molar-refractivity contribution in [1.29, 1.82) is 0 Å². The van der Waals surface area contributed by atoms with E-state index >= 15 is 13.2 Å². The molecule has 232 valence electrons. The first-order chi connectivity index (χ1) is 19.9. The molecule has 0 unspecified atom stereocenters. The summed E-state index contributed by atoms with van der Waals surface area (Å²) in [6.45, 7) is 2.25. The van der Waals surface area contributed by atoms with Crippen molar-refractivity contribution >= 4 is 0 Å². The van der Waals surface area contributed by atoms with E-state index in [0.717, 1.165) is 49.3 Å². The summed E-state index contributed by atoms with van der Waals surface area (Å²) in [6, 6.07) is 8.90. The van der Waals surface area contributed by atoms with Gasteiger partial charge in [-0.2, -0.15) is 8.78 Å². The lowest BCUT2D eigenvalue weighted by Crippen LogP contribution is -2.38. The number of benzene rings is 2. The molecule has 0 atom stereocenters. The van der Waals surface area contributed by atoms with Gasteiger partial charge in [-0.05, 0) is 123 Å². The van der Waals surface area contributed by atoms with E-state index in [1.54, 1.807) is 6.07 Å². The summed E-state index contributed by atoms with van der Waals surface area (Å²) in [5.41, 5.74) is 2.18. The SMILES string of the molecule is CC1CCC(c2ccc(C3CCC(C(F)(F)OC4CCC(c5ccc(OC(F)(F)F)c(F)c5)CC4)CC3)c(F)c2)CC1. The van der Waals surface area contributed by atoms with E-state index < -0.39 is 36.1 Å². The molecule has 2 aromatic rings. The molecule has 0 amide bonds. The van der Waals surface area contributed by atoms with E-state index in [1.165, 1.54) is 6.07 Å². The minimum Gasteiger partial charge on any atom is -0.403 e. The summed E-state index contributed by atoms with van der Waals surface area (Å²) in [7, 11) is 0. The molecule has 0 bridgehead atoms. The van der Waals surface area contributed by atoms with Crippen LogP contribution < -0.4 is 4.74 Å². The molecule has 9 heteroatoms. The molecular weight excluding hydrogens is 561 g/mol. The van der Waals surface area contributed by atoms with Gasteiger partial charge in [0.25, 0.3) is 0 Å². The van der Waals surface area contributed by atoms with E-state index in [4.69, 9.17) is 4.74 Å². The van der Waals surface area contributed by atoms with Crippen LogP contribution in [0, 0.1) is 23.5 Å². The average molecular weight is 601 g/mol. The summed E-state index contributed by atoms with van der Waals surface area (Å²) in [5.74, 6) is -2.30. The van der Waals surface area contributed by atoms with E-state index in [9.17, 15) is 17.6 Å². The molecule has 5 rings (SSSR count). The van der Waals surface area contributed by atoms with Gasteiger partial charge in [-0.1, -0.05) is 38.0 Å². The topological polar surface area (TPSA) is 18.5 Å². The summed E-state index contributed by atoms with van der Waals surface area (Å²) in [6.07, 6.45) is -1.40. The fourth-order valence-electron chi connectivity index (χ4n) is 7.27. The molecule has 42 heavy (non-hydrogen) atoms. The maximum Gasteiger partial charge on any atom is 0.573 e. The van der Waals surface area contributed by atoms with Crippen molar-refractivity contribution in [2.24, 2.45) is 11.8 Å². The van der Waals surface area contributed by atoms with E-state index in [0.29, 0.717) is 55.6 Å². The Morgan fingerprint density at radius 3 is 1.69 bits per heavy atom. The highest BCUT2D eigenvalue weighted by Crippen LogP contribution is 2.46. The fourth-order valence-corrected chi connectivity index (χ4v) is 7.27. The minimum absolute atomic E-state index is 0.0822. The predicted molar refractivity (Wildman–Crippen MR) is 146 cm³/mol. The van der Waals surface area contributed by atoms with E-state index in [2.05, 4.69) is 11.7 Å². The number of rotatable bonds is 7. The third kappa shape index (κ3) is 7.61. The van der Waals surface area contributed by atoms with Crippen molar-refractivity contribution in [3.63, 3.8) is 0 Å². The third-order valence-corrected chi connectivity index (χ3v) is 9.81. The zero-order chi connectivity index (χ0) is 30.1. The van der Waals surface area contributed by atoms with Crippen LogP contribution in [0.25, 0.3) is 0 Å². The summed E-state index contributed by atoms with van der Waals surface area (Å²) in [4.78, 5) is 0. The molecule has 0 aliphatic heterocycles. The lowest BCUT2D eigenvalue weighted by atomic mass is 9.76. The number of hydrogen-bond donors (Lipinski definition) is 0. The number of hydrogen-bond acceptors (Lipinski definition) is 2. The molecule has 2 nitrogen and oxygen atoms in total. The van der Waals surface area contributed by atoms with Crippen molar-refractivity contribution in [2.75, 3.05) is 0 Å². The first-order valence-corrected chi connectivity index (χ1v) is 15.3. The largest absolute Gasteiger partial charge is 0.573 e. The van der Waals surface area contributed by atoms with E-state index in [1.807, 2.05) is 12.1 Å². The second kappa shape index (κ2) is 12.7. The lowest BCUT2D eigenvalue weighted by Gasteiger charge is -2.37. The van der Waals surface area contributed by atoms with Crippen molar-refractivity contribution in [3.05, 3.63) is 64.7 Å². The second-order valence-electron chi connectivity index (χ2n) is 12.7. The highest BCUT2D eigenvalue weighted by atomic mass is 19.4. The maximum absolute atomic E-state index is 15.2. The van der Waals surface area contributed by atoms with E-state index in [-0.39, 0.29) is 30.5 Å². The van der Waals surface area contributed by atoms with Gasteiger partial charge in [-0.15, -0.1) is 13.2 Å². The Hall–Kier alpha value is -2.29. The highest BCUT2D eigenvalue weighted by Gasteiger charge is 2.45. The van der Waals surface area contributed by atoms with Gasteiger partial charge < -0.3 is 9.47 Å². The monoisotopic (exact) mass is 600 g/mol. The zero-order valence-electron chi connectivity index (χ0n) is 23.9. The smallest absolute Gasteiger partial charge is 0.403 e. The van der Waals surface area contributed by atoms with Gasteiger partial charge in [0, 0.05) is 0 Å². The van der Waals surface area contributed by atoms with Crippen LogP contribution in [0.4, 0.5) is 30.7 Å². The Morgan fingerprint density at radius 1 is 0.619 bits per heavy atom. The molecule has 3 aliphatic carbocycles. The lowest BCUT2D eigenvalue weighted by molar-refractivity contribution is -0.300. The van der Waals surface area contributed by atoms with Crippen molar-refractivity contribution in [1.82, 2.24) is 0 Å². The van der Waals surface area contributed by atoms with Gasteiger partial charge in [0.05, 0.1) is 12.0 Å². The third-order valence-electron chi connectivity index (χ3n) is 9.81. The van der Waals surface area contributed by atoms with Gasteiger partial charge >= 0.3 is 12.5 Å². The first kappa shape index (κ1) is 31.1. The van der Waals surface area contributed by atoms with Crippen LogP contribution in [0.1, 0.15) is 118 Å². The first-order valence-electron chi connectivity index (χ1n) is 15.3. The molecule has 0 radical (unpaired) electrons. The molecular formula is C33H39F7O2. The molecule has 2 aromatic carbocycles. The van der Waals surface area contributed by atoms with Crippen LogP contribution >= 0.6 is 0 Å². The van der Waals surface area contributed by atoms with Gasteiger partial charge in [-0.3, -0.25) is 0 Å². The fraction of sp³-hybridized carbons (Fsp3) is 0.636. The summed E-state index contributed by atoms with van der Waals surface area (Å²) < 4.78 is 106. The highest BCUT2D eigenvalue weighted by molar-refractivity contribution is 5.32. The van der Waals surface area contributed by atoms with Gasteiger partial charge in [0.1, 0.15) is 5.82 Å². The molecule has 3 fully saturated rings. The van der Waals surface area contributed by atoms with Crippen LogP contribution in [0.3, 0.4) is 0 Å². The molecule has 0 N–H and O–H groups in total. The minimum atomic E-state index is -4.99. The predicted octanol–water partition coefficient (Wildman–Crippen LogP) is 10.8. The standard InChI is InChI=1S/C33H39F7O2/c1-20-2-4-21(5-3-20)24-10-16-28(29(34)18-24)23-6-12-26(13-7-23)32(36,37)41-27-14-8-22(9-15-27)25-11-17-31(30(35)19-25)42-33(38,39)40/h10-11,16-23,26-27H,2-9,12-15H2,1H3. The van der Waals surface area contributed by atoms with Crippen LogP contribution in [-0.4, -0.2) is 18.6 Å². The van der Waals surface area contributed by atoms with Gasteiger partial charge in [0.15, 0.2) is 11.6 Å². The Balaban J connectivity index is 1.10. The van der Waals surface area contributed by atoms with Crippen molar-refractivity contribution < 1.29 is 40.2 Å². The normalized spacial score (nSPS) is 29.3. The molecule has 0 saturated heterocycles. The summed E-state index contributed by atoms with van der Waals surface area (Å²) >= 11 is 0. The van der Waals surface area contributed by atoms with Crippen molar-refractivity contribution in [3.8, 4) is 5.75 Å². The molecule has 3 saturated carbocycles. The number of halogens is 7. The number of ether oxygens (including phenoxy) is 2. The van der Waals surface area contributed by atoms with Gasteiger partial charge in [-0.25, -0.2) is 8.78 Å². The summed E-state index contributed by atoms with van der Waals surface area (Å²) in [5, 5.41) is 0. The Morgan fingerprint density at radius 2 is 1.14 bits per heavy atom. The molecule has 0 aromatic heterocycles. The maximum atomic E-state index is 15.2. The average Bonchev–Trinajstić information content (AvgIpc) is 2.94. The Bertz CT molecular complexity index is 1190. The van der Waals surface area contributed by atoms with Crippen LogP contribution in [0.15, 0.2) is 36.4 Å². The molecule has 0 heterocycles. The van der Waals surface area contributed by atoms with Crippen LogP contribution in [0.5, 0.6) is 5.75 Å².